The van der Waals surface area contributed by atoms with Crippen molar-refractivity contribution in [3.05, 3.63) is 41.5 Å². The quantitative estimate of drug-likeness (QED) is 0.798. The molecule has 2 aromatic rings. The van der Waals surface area contributed by atoms with E-state index in [-0.39, 0.29) is 0 Å². The smallest absolute Gasteiger partial charge is 0.375 e. The molecule has 0 N–H and O–H groups in total. The molecule has 1 aliphatic heterocycles. The fourth-order valence-corrected chi connectivity index (χ4v) is 1.98. The summed E-state index contributed by atoms with van der Waals surface area (Å²) >= 11 is 0. The van der Waals surface area contributed by atoms with Gasteiger partial charge in [0.05, 0.1) is 24.6 Å². The minimum absolute atomic E-state index is 0.344. The van der Waals surface area contributed by atoms with Crippen LogP contribution in [0.15, 0.2) is 24.5 Å². The molecular weight excluding hydrogens is 259 g/mol. The molecule has 100 valence electrons. The summed E-state index contributed by atoms with van der Waals surface area (Å²) < 4.78 is 44.5. The standard InChI is InChI=1S/C12H10F3N3O/c13-12(14,15)11-5-9(1-3-16-11)18-6-8-2-4-19-7-10(8)17-18/h1,3,5-6H,2,4,7H2. The van der Waals surface area contributed by atoms with Gasteiger partial charge in [-0.1, -0.05) is 0 Å². The Morgan fingerprint density at radius 2 is 2.16 bits per heavy atom. The third-order valence-corrected chi connectivity index (χ3v) is 2.93. The van der Waals surface area contributed by atoms with Crippen molar-refractivity contribution in [2.45, 2.75) is 19.2 Å². The molecule has 19 heavy (non-hydrogen) atoms. The van der Waals surface area contributed by atoms with E-state index in [2.05, 4.69) is 10.1 Å². The van der Waals surface area contributed by atoms with Gasteiger partial charge in [-0.2, -0.15) is 18.3 Å². The van der Waals surface area contributed by atoms with Crippen LogP contribution in [-0.4, -0.2) is 21.4 Å². The summed E-state index contributed by atoms with van der Waals surface area (Å²) in [5, 5.41) is 4.24. The molecule has 0 fully saturated rings. The predicted molar refractivity (Wildman–Crippen MR) is 59.7 cm³/mol. The van der Waals surface area contributed by atoms with Crippen molar-refractivity contribution in [2.24, 2.45) is 0 Å². The van der Waals surface area contributed by atoms with Crippen LogP contribution >= 0.6 is 0 Å². The van der Waals surface area contributed by atoms with E-state index in [0.29, 0.717) is 18.9 Å². The summed E-state index contributed by atoms with van der Waals surface area (Å²) in [5.74, 6) is 0. The Balaban J connectivity index is 2.00. The molecule has 1 aliphatic rings. The maximum Gasteiger partial charge on any atom is 0.433 e. The summed E-state index contributed by atoms with van der Waals surface area (Å²) in [6.07, 6.45) is -0.846. The first kappa shape index (κ1) is 12.2. The minimum atomic E-state index is -4.45. The molecule has 0 saturated heterocycles. The molecule has 0 saturated carbocycles. The average Bonchev–Trinajstić information content (AvgIpc) is 2.81. The Morgan fingerprint density at radius 3 is 2.89 bits per heavy atom. The number of halogens is 3. The summed E-state index contributed by atoms with van der Waals surface area (Å²) in [6, 6.07) is 2.48. The van der Waals surface area contributed by atoms with Crippen molar-refractivity contribution in [3.63, 3.8) is 0 Å². The lowest BCUT2D eigenvalue weighted by Gasteiger charge is -2.08. The van der Waals surface area contributed by atoms with E-state index in [1.54, 1.807) is 6.20 Å². The van der Waals surface area contributed by atoms with Gasteiger partial charge in [0.25, 0.3) is 0 Å². The van der Waals surface area contributed by atoms with Crippen molar-refractivity contribution in [2.75, 3.05) is 6.61 Å². The molecule has 0 aromatic carbocycles. The molecule has 0 spiro atoms. The number of fused-ring (bicyclic) bond motifs is 1. The molecule has 0 aliphatic carbocycles. The Hall–Kier alpha value is -1.89. The predicted octanol–water partition coefficient (Wildman–Crippen LogP) is 2.36. The molecule has 0 radical (unpaired) electrons. The van der Waals surface area contributed by atoms with Crippen LogP contribution in [0.2, 0.25) is 0 Å². The van der Waals surface area contributed by atoms with Crippen LogP contribution in [0.4, 0.5) is 13.2 Å². The number of aromatic nitrogens is 3. The Morgan fingerprint density at radius 1 is 1.32 bits per heavy atom. The zero-order valence-corrected chi connectivity index (χ0v) is 9.81. The normalized spacial score (nSPS) is 15.3. The average molecular weight is 269 g/mol. The van der Waals surface area contributed by atoms with E-state index < -0.39 is 11.9 Å². The highest BCUT2D eigenvalue weighted by Gasteiger charge is 2.32. The van der Waals surface area contributed by atoms with Crippen molar-refractivity contribution >= 4 is 0 Å². The first-order valence-corrected chi connectivity index (χ1v) is 5.73. The van der Waals surface area contributed by atoms with Gasteiger partial charge in [0.15, 0.2) is 0 Å². The lowest BCUT2D eigenvalue weighted by atomic mass is 10.2. The fraction of sp³-hybridized carbons (Fsp3) is 0.333. The Kier molecular flexibility index (Phi) is 2.78. The molecule has 2 aromatic heterocycles. The number of hydrogen-bond acceptors (Lipinski definition) is 3. The first-order valence-electron chi connectivity index (χ1n) is 5.73. The van der Waals surface area contributed by atoms with Crippen molar-refractivity contribution in [1.29, 1.82) is 0 Å². The van der Waals surface area contributed by atoms with Gasteiger partial charge < -0.3 is 4.74 Å². The highest BCUT2D eigenvalue weighted by atomic mass is 19.4. The summed E-state index contributed by atoms with van der Waals surface area (Å²) in [6.45, 7) is 1.02. The third kappa shape index (κ3) is 2.33. The molecule has 7 heteroatoms. The van der Waals surface area contributed by atoms with Crippen LogP contribution in [0.25, 0.3) is 5.69 Å². The van der Waals surface area contributed by atoms with Crippen molar-refractivity contribution in [3.8, 4) is 5.69 Å². The Bertz CT molecular complexity index is 583. The zero-order valence-electron chi connectivity index (χ0n) is 9.81. The number of hydrogen-bond donors (Lipinski definition) is 0. The summed E-state index contributed by atoms with van der Waals surface area (Å²) in [7, 11) is 0. The topological polar surface area (TPSA) is 39.9 Å². The monoisotopic (exact) mass is 269 g/mol. The van der Waals surface area contributed by atoms with Gasteiger partial charge in [0.1, 0.15) is 5.69 Å². The number of pyridine rings is 1. The maximum atomic E-state index is 12.6. The van der Waals surface area contributed by atoms with Crippen LogP contribution < -0.4 is 0 Å². The van der Waals surface area contributed by atoms with E-state index in [0.717, 1.165) is 29.9 Å². The van der Waals surface area contributed by atoms with Crippen LogP contribution in [0.1, 0.15) is 17.0 Å². The lowest BCUT2D eigenvalue weighted by molar-refractivity contribution is -0.141. The maximum absolute atomic E-state index is 12.6. The van der Waals surface area contributed by atoms with E-state index in [9.17, 15) is 13.2 Å². The van der Waals surface area contributed by atoms with Gasteiger partial charge in [-0.3, -0.25) is 4.98 Å². The van der Waals surface area contributed by atoms with Gasteiger partial charge in [0.2, 0.25) is 0 Å². The van der Waals surface area contributed by atoms with Crippen LogP contribution in [0, 0.1) is 0 Å². The molecule has 3 heterocycles. The van der Waals surface area contributed by atoms with Gasteiger partial charge in [0, 0.05) is 12.4 Å². The molecule has 0 bridgehead atoms. The van der Waals surface area contributed by atoms with E-state index in [1.807, 2.05) is 0 Å². The van der Waals surface area contributed by atoms with E-state index >= 15 is 0 Å². The number of ether oxygens (including phenoxy) is 1. The SMILES string of the molecule is FC(F)(F)c1cc(-n2cc3c(n2)COCC3)ccn1. The second-order valence-electron chi connectivity index (χ2n) is 4.25. The summed E-state index contributed by atoms with van der Waals surface area (Å²) in [4.78, 5) is 3.33. The van der Waals surface area contributed by atoms with Gasteiger partial charge >= 0.3 is 6.18 Å². The third-order valence-electron chi connectivity index (χ3n) is 2.93. The van der Waals surface area contributed by atoms with Gasteiger partial charge in [-0.05, 0) is 24.1 Å². The fourth-order valence-electron chi connectivity index (χ4n) is 1.98. The van der Waals surface area contributed by atoms with Gasteiger partial charge in [-0.15, -0.1) is 0 Å². The number of rotatable bonds is 1. The van der Waals surface area contributed by atoms with Crippen molar-refractivity contribution < 1.29 is 17.9 Å². The highest BCUT2D eigenvalue weighted by Crippen LogP contribution is 2.28. The molecule has 4 nitrogen and oxygen atoms in total. The second-order valence-corrected chi connectivity index (χ2v) is 4.25. The molecular formula is C12H10F3N3O. The number of alkyl halides is 3. The van der Waals surface area contributed by atoms with E-state index in [1.165, 1.54) is 10.7 Å². The zero-order chi connectivity index (χ0) is 13.5. The minimum Gasteiger partial charge on any atom is -0.375 e. The van der Waals surface area contributed by atoms with Crippen molar-refractivity contribution in [1.82, 2.24) is 14.8 Å². The van der Waals surface area contributed by atoms with Crippen LogP contribution in [-0.2, 0) is 23.9 Å². The van der Waals surface area contributed by atoms with Crippen LogP contribution in [0.5, 0.6) is 0 Å². The lowest BCUT2D eigenvalue weighted by Crippen LogP contribution is -2.09. The Labute approximate surface area is 106 Å². The summed E-state index contributed by atoms with van der Waals surface area (Å²) in [5.41, 5.74) is 1.21. The van der Waals surface area contributed by atoms with Gasteiger partial charge in [-0.25, -0.2) is 4.68 Å². The molecule has 0 amide bonds. The second kappa shape index (κ2) is 4.34. The highest BCUT2D eigenvalue weighted by molar-refractivity contribution is 5.34. The number of nitrogens with zero attached hydrogens (tertiary/aromatic N) is 3. The largest absolute Gasteiger partial charge is 0.433 e. The molecule has 0 atom stereocenters. The molecule has 0 unspecified atom stereocenters. The van der Waals surface area contributed by atoms with Crippen LogP contribution in [0.3, 0.4) is 0 Å². The molecule has 3 rings (SSSR count). The van der Waals surface area contributed by atoms with E-state index in [4.69, 9.17) is 4.74 Å². The first-order chi connectivity index (χ1) is 9.04.